The summed E-state index contributed by atoms with van der Waals surface area (Å²) >= 11 is 0. The molecule has 5 rings (SSSR count). The van der Waals surface area contributed by atoms with E-state index in [1.165, 1.54) is 5.56 Å². The van der Waals surface area contributed by atoms with Gasteiger partial charge in [0.25, 0.3) is 5.91 Å². The largest absolute Gasteiger partial charge is 0.342 e. The lowest BCUT2D eigenvalue weighted by molar-refractivity contribution is 0.0767. The van der Waals surface area contributed by atoms with Crippen LogP contribution in [0.5, 0.6) is 0 Å². The van der Waals surface area contributed by atoms with E-state index in [4.69, 9.17) is 0 Å². The van der Waals surface area contributed by atoms with Gasteiger partial charge in [-0.05, 0) is 56.5 Å². The quantitative estimate of drug-likeness (QED) is 0.548. The number of carbonyl (C=O) groups is 1. The maximum absolute atomic E-state index is 13.2. The second kappa shape index (κ2) is 6.99. The van der Waals surface area contributed by atoms with E-state index < -0.39 is 0 Å². The second-order valence-electron chi connectivity index (χ2n) is 7.79. The summed E-state index contributed by atoms with van der Waals surface area (Å²) < 4.78 is 1.97. The maximum Gasteiger partial charge on any atom is 0.257 e. The first-order chi connectivity index (χ1) is 14.1. The fourth-order valence-electron chi connectivity index (χ4n) is 3.83. The van der Waals surface area contributed by atoms with Crippen molar-refractivity contribution >= 4 is 22.6 Å². The lowest BCUT2D eigenvalue weighted by Crippen LogP contribution is -2.33. The molecule has 1 aromatic carbocycles. The van der Waals surface area contributed by atoms with Gasteiger partial charge in [-0.1, -0.05) is 6.07 Å². The Labute approximate surface area is 168 Å². The Balaban J connectivity index is 1.37. The van der Waals surface area contributed by atoms with E-state index in [0.29, 0.717) is 36.6 Å². The molecular weight excluding hydrogens is 364 g/mol. The Kier molecular flexibility index (Phi) is 4.30. The molecule has 0 atom stereocenters. The van der Waals surface area contributed by atoms with Gasteiger partial charge < -0.3 is 9.88 Å². The van der Waals surface area contributed by atoms with Crippen molar-refractivity contribution in [3.05, 3.63) is 59.3 Å². The molecule has 1 fully saturated rings. The molecule has 0 unspecified atom stereocenters. The number of amides is 1. The van der Waals surface area contributed by atoms with Gasteiger partial charge in [0.15, 0.2) is 5.65 Å². The Bertz CT molecular complexity index is 1200. The molecule has 7 nitrogen and oxygen atoms in total. The molecular formula is C22H24N6O. The van der Waals surface area contributed by atoms with Crippen LogP contribution in [0.4, 0.5) is 0 Å². The zero-order chi connectivity index (χ0) is 20.0. The topological polar surface area (TPSA) is 79.2 Å². The molecule has 3 heterocycles. The van der Waals surface area contributed by atoms with Crippen LogP contribution >= 0.6 is 0 Å². The van der Waals surface area contributed by atoms with Gasteiger partial charge >= 0.3 is 0 Å². The minimum atomic E-state index is -0.0141. The Morgan fingerprint density at radius 3 is 2.93 bits per heavy atom. The van der Waals surface area contributed by atoms with Crippen molar-refractivity contribution in [3.63, 3.8) is 0 Å². The van der Waals surface area contributed by atoms with Crippen molar-refractivity contribution in [3.8, 4) is 0 Å². The van der Waals surface area contributed by atoms with E-state index in [-0.39, 0.29) is 5.91 Å². The highest BCUT2D eigenvalue weighted by molar-refractivity contribution is 5.99. The normalized spacial score (nSPS) is 14.0. The molecule has 1 saturated carbocycles. The maximum atomic E-state index is 13.2. The minimum Gasteiger partial charge on any atom is -0.342 e. The van der Waals surface area contributed by atoms with Crippen molar-refractivity contribution < 1.29 is 4.79 Å². The predicted molar refractivity (Wildman–Crippen MR) is 111 cm³/mol. The van der Waals surface area contributed by atoms with Gasteiger partial charge in [0.05, 0.1) is 16.6 Å². The number of nitrogens with one attached hydrogen (secondary N) is 1. The fourth-order valence-corrected chi connectivity index (χ4v) is 3.83. The van der Waals surface area contributed by atoms with Crippen molar-refractivity contribution in [1.82, 2.24) is 29.5 Å². The van der Waals surface area contributed by atoms with Crippen LogP contribution in [0.25, 0.3) is 16.7 Å². The molecule has 0 radical (unpaired) electrons. The first-order valence-corrected chi connectivity index (χ1v) is 10.2. The number of aromatic nitrogens is 5. The molecule has 1 aliphatic rings. The molecule has 3 aromatic heterocycles. The lowest BCUT2D eigenvalue weighted by Gasteiger charge is -2.20. The summed E-state index contributed by atoms with van der Waals surface area (Å²) in [5.74, 6) is 2.33. The van der Waals surface area contributed by atoms with Crippen LogP contribution in [0.15, 0.2) is 36.5 Å². The van der Waals surface area contributed by atoms with Crippen LogP contribution in [-0.2, 0) is 6.42 Å². The summed E-state index contributed by atoms with van der Waals surface area (Å²) in [6.07, 6.45) is 4.93. The van der Waals surface area contributed by atoms with E-state index in [1.807, 2.05) is 40.6 Å². The number of benzene rings is 1. The van der Waals surface area contributed by atoms with Gasteiger partial charge in [-0.3, -0.25) is 9.20 Å². The highest BCUT2D eigenvalue weighted by Gasteiger charge is 2.30. The number of pyridine rings is 1. The standard InChI is InChI=1S/C22H24N6O/c1-3-27(12-10-19-23-17-9-6-14(2)13-18(17)24-19)22(29)16-5-4-11-28-20(15-7-8-15)25-26-21(16)28/h4-6,9,11,13,15H,3,7-8,10,12H2,1-2H3,(H,23,24). The number of nitrogens with zero attached hydrogens (tertiary/aromatic N) is 5. The molecule has 148 valence electrons. The molecule has 0 bridgehead atoms. The third kappa shape index (κ3) is 3.26. The van der Waals surface area contributed by atoms with Crippen LogP contribution in [-0.4, -0.2) is 48.5 Å². The molecule has 7 heteroatoms. The third-order valence-electron chi connectivity index (χ3n) is 5.61. The summed E-state index contributed by atoms with van der Waals surface area (Å²) in [6, 6.07) is 9.93. The number of hydrogen-bond donors (Lipinski definition) is 1. The lowest BCUT2D eigenvalue weighted by atomic mass is 10.2. The Hall–Kier alpha value is -3.22. The molecule has 1 N–H and O–H groups in total. The van der Waals surface area contributed by atoms with Crippen LogP contribution in [0, 0.1) is 6.92 Å². The molecule has 0 spiro atoms. The Morgan fingerprint density at radius 2 is 2.14 bits per heavy atom. The molecule has 4 aromatic rings. The molecule has 0 aliphatic heterocycles. The van der Waals surface area contributed by atoms with Gasteiger partial charge in [0.1, 0.15) is 11.6 Å². The number of imidazole rings is 1. The van der Waals surface area contributed by atoms with E-state index >= 15 is 0 Å². The van der Waals surface area contributed by atoms with Crippen molar-refractivity contribution in [2.75, 3.05) is 13.1 Å². The average Bonchev–Trinajstić information content (AvgIpc) is 3.34. The van der Waals surface area contributed by atoms with Crippen LogP contribution in [0.1, 0.15) is 53.3 Å². The summed E-state index contributed by atoms with van der Waals surface area (Å²) in [6.45, 7) is 5.29. The third-order valence-corrected chi connectivity index (χ3v) is 5.61. The molecule has 29 heavy (non-hydrogen) atoms. The first kappa shape index (κ1) is 17.8. The van der Waals surface area contributed by atoms with Crippen LogP contribution in [0.2, 0.25) is 0 Å². The van der Waals surface area contributed by atoms with Gasteiger partial charge in [-0.25, -0.2) is 4.98 Å². The van der Waals surface area contributed by atoms with Crippen molar-refractivity contribution in [1.29, 1.82) is 0 Å². The highest BCUT2D eigenvalue weighted by atomic mass is 16.2. The first-order valence-electron chi connectivity index (χ1n) is 10.2. The summed E-state index contributed by atoms with van der Waals surface area (Å²) in [7, 11) is 0. The number of aromatic amines is 1. The van der Waals surface area contributed by atoms with Gasteiger partial charge in [-0.15, -0.1) is 10.2 Å². The van der Waals surface area contributed by atoms with Gasteiger partial charge in [0.2, 0.25) is 0 Å². The fraction of sp³-hybridized carbons (Fsp3) is 0.364. The van der Waals surface area contributed by atoms with Gasteiger partial charge in [-0.2, -0.15) is 0 Å². The summed E-state index contributed by atoms with van der Waals surface area (Å²) in [5.41, 5.74) is 4.45. The van der Waals surface area contributed by atoms with Crippen LogP contribution < -0.4 is 0 Å². The number of H-pyrrole nitrogens is 1. The summed E-state index contributed by atoms with van der Waals surface area (Å²) in [5, 5.41) is 8.66. The summed E-state index contributed by atoms with van der Waals surface area (Å²) in [4.78, 5) is 23.1. The number of rotatable bonds is 6. The number of aryl methyl sites for hydroxylation is 1. The second-order valence-corrected chi connectivity index (χ2v) is 7.79. The Morgan fingerprint density at radius 1 is 1.28 bits per heavy atom. The smallest absolute Gasteiger partial charge is 0.257 e. The predicted octanol–water partition coefficient (Wildman–Crippen LogP) is 3.50. The molecule has 0 saturated heterocycles. The van der Waals surface area contributed by atoms with Crippen LogP contribution in [0.3, 0.4) is 0 Å². The average molecular weight is 388 g/mol. The van der Waals surface area contributed by atoms with E-state index in [9.17, 15) is 4.79 Å². The number of fused-ring (bicyclic) bond motifs is 2. The number of likely N-dealkylation sites (N-methyl/N-ethyl adjacent to an activating group) is 1. The zero-order valence-electron chi connectivity index (χ0n) is 16.7. The van der Waals surface area contributed by atoms with E-state index in [2.05, 4.69) is 39.2 Å². The highest BCUT2D eigenvalue weighted by Crippen LogP contribution is 2.39. The monoisotopic (exact) mass is 388 g/mol. The van der Waals surface area contributed by atoms with Gasteiger partial charge in [0, 0.05) is 31.6 Å². The number of hydrogen-bond acceptors (Lipinski definition) is 4. The van der Waals surface area contributed by atoms with E-state index in [0.717, 1.165) is 35.5 Å². The van der Waals surface area contributed by atoms with E-state index in [1.54, 1.807) is 0 Å². The zero-order valence-corrected chi connectivity index (χ0v) is 16.7. The number of carbonyl (C=O) groups excluding carboxylic acids is 1. The SMILES string of the molecule is CCN(CCc1nc2ccc(C)cc2[nH]1)C(=O)c1cccn2c(C3CC3)nnc12. The molecule has 1 aliphatic carbocycles. The minimum absolute atomic E-state index is 0.0141. The van der Waals surface area contributed by atoms with Crippen molar-refractivity contribution in [2.24, 2.45) is 0 Å². The molecule has 1 amide bonds. The van der Waals surface area contributed by atoms with Crippen molar-refractivity contribution in [2.45, 2.75) is 39.0 Å².